The van der Waals surface area contributed by atoms with Crippen molar-refractivity contribution in [3.8, 4) is 5.75 Å². The number of aryl methyl sites for hydroxylation is 1. The van der Waals surface area contributed by atoms with Gasteiger partial charge in [0.2, 0.25) is 0 Å². The molecule has 1 aromatic heterocycles. The van der Waals surface area contributed by atoms with Gasteiger partial charge in [0.1, 0.15) is 10.9 Å². The lowest BCUT2D eigenvalue weighted by molar-refractivity contribution is 0.471. The largest absolute Gasteiger partial charge is 0.508 e. The monoisotopic (exact) mass is 298 g/mol. The maximum Gasteiger partial charge on any atom is 0.262 e. The SMILES string of the molecule is Cc1cc(NS(=O)(=O)c2ccnc(Cl)c2)ccc1O. The molecule has 0 bridgehead atoms. The number of benzene rings is 1. The van der Waals surface area contributed by atoms with Gasteiger partial charge in [-0.15, -0.1) is 0 Å². The van der Waals surface area contributed by atoms with E-state index in [1.54, 1.807) is 6.92 Å². The molecule has 0 aliphatic heterocycles. The lowest BCUT2D eigenvalue weighted by Crippen LogP contribution is -2.13. The Bertz CT molecular complexity index is 717. The molecule has 2 N–H and O–H groups in total. The normalized spacial score (nSPS) is 11.3. The van der Waals surface area contributed by atoms with E-state index in [-0.39, 0.29) is 15.8 Å². The van der Waals surface area contributed by atoms with E-state index in [0.29, 0.717) is 11.3 Å². The van der Waals surface area contributed by atoms with Crippen molar-refractivity contribution in [3.05, 3.63) is 47.2 Å². The van der Waals surface area contributed by atoms with Crippen LogP contribution in [0.15, 0.2) is 41.4 Å². The van der Waals surface area contributed by atoms with Crippen molar-refractivity contribution in [2.75, 3.05) is 4.72 Å². The molecule has 19 heavy (non-hydrogen) atoms. The molecule has 2 rings (SSSR count). The smallest absolute Gasteiger partial charge is 0.262 e. The summed E-state index contributed by atoms with van der Waals surface area (Å²) in [5.74, 6) is 0.106. The fourth-order valence-electron chi connectivity index (χ4n) is 1.48. The van der Waals surface area contributed by atoms with E-state index in [9.17, 15) is 13.5 Å². The van der Waals surface area contributed by atoms with E-state index in [4.69, 9.17) is 11.6 Å². The zero-order valence-electron chi connectivity index (χ0n) is 9.96. The van der Waals surface area contributed by atoms with Crippen LogP contribution in [0.4, 0.5) is 5.69 Å². The maximum atomic E-state index is 12.1. The van der Waals surface area contributed by atoms with Crippen LogP contribution in [0.25, 0.3) is 0 Å². The molecule has 0 fully saturated rings. The van der Waals surface area contributed by atoms with Gasteiger partial charge in [0.05, 0.1) is 4.90 Å². The summed E-state index contributed by atoms with van der Waals surface area (Å²) in [7, 11) is -3.72. The fourth-order valence-corrected chi connectivity index (χ4v) is 2.79. The van der Waals surface area contributed by atoms with Gasteiger partial charge in [-0.2, -0.15) is 0 Å². The molecule has 0 spiro atoms. The minimum atomic E-state index is -3.72. The summed E-state index contributed by atoms with van der Waals surface area (Å²) in [6.07, 6.45) is 1.32. The topological polar surface area (TPSA) is 79.3 Å². The number of phenolic OH excluding ortho intramolecular Hbond substituents is 1. The third-order valence-electron chi connectivity index (χ3n) is 2.46. The highest BCUT2D eigenvalue weighted by atomic mass is 35.5. The highest BCUT2D eigenvalue weighted by Gasteiger charge is 2.15. The first kappa shape index (κ1) is 13.6. The molecule has 5 nitrogen and oxygen atoms in total. The predicted octanol–water partition coefficient (Wildman–Crippen LogP) is 2.55. The Labute approximate surface area is 115 Å². The quantitative estimate of drug-likeness (QED) is 0.674. The number of nitrogens with zero attached hydrogens (tertiary/aromatic N) is 1. The van der Waals surface area contributed by atoms with Crippen LogP contribution in [0.2, 0.25) is 5.15 Å². The second kappa shape index (κ2) is 5.07. The van der Waals surface area contributed by atoms with Crippen LogP contribution in [0.1, 0.15) is 5.56 Å². The van der Waals surface area contributed by atoms with Gasteiger partial charge in [-0.1, -0.05) is 11.6 Å². The van der Waals surface area contributed by atoms with E-state index in [0.717, 1.165) is 0 Å². The zero-order chi connectivity index (χ0) is 14.0. The molecule has 0 aliphatic rings. The summed E-state index contributed by atoms with van der Waals surface area (Å²) in [5.41, 5.74) is 0.941. The molecule has 0 amide bonds. The summed E-state index contributed by atoms with van der Waals surface area (Å²) >= 11 is 5.66. The lowest BCUT2D eigenvalue weighted by Gasteiger charge is -2.09. The molecule has 0 atom stereocenters. The van der Waals surface area contributed by atoms with Gasteiger partial charge in [0.25, 0.3) is 10.0 Å². The average Bonchev–Trinajstić information content (AvgIpc) is 2.33. The van der Waals surface area contributed by atoms with E-state index >= 15 is 0 Å². The number of nitrogens with one attached hydrogen (secondary N) is 1. The Morgan fingerprint density at radius 3 is 2.63 bits per heavy atom. The van der Waals surface area contributed by atoms with E-state index in [1.165, 1.54) is 36.5 Å². The number of phenols is 1. The average molecular weight is 299 g/mol. The van der Waals surface area contributed by atoms with Gasteiger partial charge in [0.15, 0.2) is 0 Å². The van der Waals surface area contributed by atoms with Crippen molar-refractivity contribution < 1.29 is 13.5 Å². The van der Waals surface area contributed by atoms with Gasteiger partial charge in [-0.05, 0) is 42.8 Å². The first-order valence-corrected chi connectivity index (χ1v) is 7.18. The lowest BCUT2D eigenvalue weighted by atomic mass is 10.2. The van der Waals surface area contributed by atoms with E-state index in [1.807, 2.05) is 0 Å². The predicted molar refractivity (Wildman–Crippen MR) is 72.9 cm³/mol. The Balaban J connectivity index is 2.33. The first-order chi connectivity index (χ1) is 8.88. The number of rotatable bonds is 3. The van der Waals surface area contributed by atoms with Crippen molar-refractivity contribution in [2.45, 2.75) is 11.8 Å². The zero-order valence-corrected chi connectivity index (χ0v) is 11.5. The molecule has 2 aromatic rings. The Morgan fingerprint density at radius 1 is 1.26 bits per heavy atom. The van der Waals surface area contributed by atoms with E-state index < -0.39 is 10.0 Å². The third kappa shape index (κ3) is 3.15. The summed E-state index contributed by atoms with van der Waals surface area (Å²) < 4.78 is 26.6. The van der Waals surface area contributed by atoms with Crippen LogP contribution >= 0.6 is 11.6 Å². The van der Waals surface area contributed by atoms with Gasteiger partial charge in [-0.3, -0.25) is 4.72 Å². The molecule has 100 valence electrons. The van der Waals surface area contributed by atoms with Crippen molar-refractivity contribution in [1.82, 2.24) is 4.98 Å². The Hall–Kier alpha value is -1.79. The Morgan fingerprint density at radius 2 is 2.00 bits per heavy atom. The molecule has 0 saturated carbocycles. The van der Waals surface area contributed by atoms with E-state index in [2.05, 4.69) is 9.71 Å². The summed E-state index contributed by atoms with van der Waals surface area (Å²) in [4.78, 5) is 3.75. The molecular formula is C12H11ClN2O3S. The van der Waals surface area contributed by atoms with Gasteiger partial charge in [0, 0.05) is 11.9 Å². The summed E-state index contributed by atoms with van der Waals surface area (Å²) in [5, 5.41) is 9.49. The Kier molecular flexibility index (Phi) is 3.64. The number of hydrogen-bond donors (Lipinski definition) is 2. The van der Waals surface area contributed by atoms with Crippen molar-refractivity contribution in [3.63, 3.8) is 0 Å². The minimum Gasteiger partial charge on any atom is -0.508 e. The number of hydrogen-bond acceptors (Lipinski definition) is 4. The molecule has 0 unspecified atom stereocenters. The van der Waals surface area contributed by atoms with Crippen LogP contribution in [-0.4, -0.2) is 18.5 Å². The van der Waals surface area contributed by atoms with Crippen LogP contribution in [0, 0.1) is 6.92 Å². The molecule has 0 radical (unpaired) electrons. The number of halogens is 1. The standard InChI is InChI=1S/C12H11ClN2O3S/c1-8-6-9(2-3-11(8)16)15-19(17,18)10-4-5-14-12(13)7-10/h2-7,15-16H,1H3. The number of sulfonamides is 1. The molecule has 7 heteroatoms. The molecule has 0 saturated heterocycles. The number of anilines is 1. The first-order valence-electron chi connectivity index (χ1n) is 5.32. The second-order valence-electron chi connectivity index (χ2n) is 3.92. The van der Waals surface area contributed by atoms with Gasteiger partial charge < -0.3 is 5.11 Å². The van der Waals surface area contributed by atoms with Crippen molar-refractivity contribution in [2.24, 2.45) is 0 Å². The maximum absolute atomic E-state index is 12.1. The van der Waals surface area contributed by atoms with Gasteiger partial charge in [-0.25, -0.2) is 13.4 Å². The summed E-state index contributed by atoms with van der Waals surface area (Å²) in [6, 6.07) is 7.05. The van der Waals surface area contributed by atoms with Crippen LogP contribution < -0.4 is 4.72 Å². The van der Waals surface area contributed by atoms with Crippen LogP contribution in [0.5, 0.6) is 5.75 Å². The highest BCUT2D eigenvalue weighted by Crippen LogP contribution is 2.23. The number of pyridine rings is 1. The molecular weight excluding hydrogens is 288 g/mol. The second-order valence-corrected chi connectivity index (χ2v) is 5.99. The molecule has 1 aromatic carbocycles. The number of aromatic nitrogens is 1. The molecule has 1 heterocycles. The van der Waals surface area contributed by atoms with Crippen LogP contribution in [-0.2, 0) is 10.0 Å². The van der Waals surface area contributed by atoms with Gasteiger partial charge >= 0.3 is 0 Å². The molecule has 0 aliphatic carbocycles. The summed E-state index contributed by atoms with van der Waals surface area (Å²) in [6.45, 7) is 1.68. The number of aromatic hydroxyl groups is 1. The third-order valence-corrected chi connectivity index (χ3v) is 4.04. The highest BCUT2D eigenvalue weighted by molar-refractivity contribution is 7.92. The van der Waals surface area contributed by atoms with Crippen molar-refractivity contribution >= 4 is 27.3 Å². The van der Waals surface area contributed by atoms with Crippen LogP contribution in [0.3, 0.4) is 0 Å². The minimum absolute atomic E-state index is 0.0261. The fraction of sp³-hybridized carbons (Fsp3) is 0.0833. The van der Waals surface area contributed by atoms with Crippen molar-refractivity contribution in [1.29, 1.82) is 0 Å².